The van der Waals surface area contributed by atoms with Gasteiger partial charge in [0.1, 0.15) is 12.4 Å². The molecule has 7 nitrogen and oxygen atoms in total. The Bertz CT molecular complexity index is 319. The number of rotatable bonds is 3. The van der Waals surface area contributed by atoms with Crippen molar-refractivity contribution < 1.29 is 9.66 Å². The predicted molar refractivity (Wildman–Crippen MR) is 43.7 cm³/mol. The number of hydrogen-bond acceptors (Lipinski definition) is 5. The van der Waals surface area contributed by atoms with E-state index in [1.807, 2.05) is 0 Å². The Hall–Kier alpha value is -1.47. The van der Waals surface area contributed by atoms with Gasteiger partial charge >= 0.3 is 5.95 Å². The number of hydrogen-bond donors (Lipinski definition) is 1. The summed E-state index contributed by atoms with van der Waals surface area (Å²) < 4.78 is 6.02. The van der Waals surface area contributed by atoms with Gasteiger partial charge in [-0.05, 0) is 4.92 Å². The number of ether oxygens (including phenoxy) is 1. The van der Waals surface area contributed by atoms with Crippen LogP contribution in [0.4, 0.5) is 5.95 Å². The van der Waals surface area contributed by atoms with E-state index in [-0.39, 0.29) is 5.95 Å². The van der Waals surface area contributed by atoms with Crippen molar-refractivity contribution in [2.24, 2.45) is 5.73 Å². The van der Waals surface area contributed by atoms with E-state index in [0.717, 1.165) is 4.57 Å². The summed E-state index contributed by atoms with van der Waals surface area (Å²) in [5.74, 6) is -1.59. The van der Waals surface area contributed by atoms with Crippen LogP contribution in [0.1, 0.15) is 6.92 Å². The molecule has 0 amide bonds. The number of imidazole rings is 1. The lowest BCUT2D eigenvalue weighted by Crippen LogP contribution is -2.41. The monoisotopic (exact) mass is 186 g/mol. The number of nitrogens with zero attached hydrogens (tertiary/aromatic N) is 3. The van der Waals surface area contributed by atoms with E-state index in [2.05, 4.69) is 4.98 Å². The highest BCUT2D eigenvalue weighted by atomic mass is 16.6. The van der Waals surface area contributed by atoms with Gasteiger partial charge < -0.3 is 14.9 Å². The number of methoxy groups -OCH3 is 1. The lowest BCUT2D eigenvalue weighted by Gasteiger charge is -2.20. The van der Waals surface area contributed by atoms with Gasteiger partial charge in [0, 0.05) is 14.0 Å². The SMILES string of the molecule is COC(C)(N)n1ccnc1[N+](=O)[O-]. The highest BCUT2D eigenvalue weighted by Gasteiger charge is 2.30. The summed E-state index contributed by atoms with van der Waals surface area (Å²) >= 11 is 0. The average molecular weight is 186 g/mol. The third kappa shape index (κ3) is 1.65. The largest absolute Gasteiger partial charge is 0.438 e. The van der Waals surface area contributed by atoms with Crippen LogP contribution in [0, 0.1) is 10.1 Å². The van der Waals surface area contributed by atoms with E-state index >= 15 is 0 Å². The van der Waals surface area contributed by atoms with E-state index in [1.165, 1.54) is 26.4 Å². The third-order valence-corrected chi connectivity index (χ3v) is 1.68. The molecule has 0 bridgehead atoms. The van der Waals surface area contributed by atoms with Crippen LogP contribution >= 0.6 is 0 Å². The summed E-state index contributed by atoms with van der Waals surface area (Å²) in [6.45, 7) is 1.50. The van der Waals surface area contributed by atoms with Gasteiger partial charge in [-0.1, -0.05) is 4.98 Å². The second-order valence-corrected chi connectivity index (χ2v) is 2.61. The lowest BCUT2D eigenvalue weighted by molar-refractivity contribution is -0.400. The number of nitro groups is 1. The van der Waals surface area contributed by atoms with Crippen molar-refractivity contribution in [3.05, 3.63) is 22.5 Å². The molecule has 0 aromatic carbocycles. The second-order valence-electron chi connectivity index (χ2n) is 2.61. The van der Waals surface area contributed by atoms with Crippen LogP contribution in [0.2, 0.25) is 0 Å². The summed E-state index contributed by atoms with van der Waals surface area (Å²) in [4.78, 5) is 13.4. The third-order valence-electron chi connectivity index (χ3n) is 1.68. The maximum Gasteiger partial charge on any atom is 0.438 e. The van der Waals surface area contributed by atoms with E-state index < -0.39 is 10.8 Å². The number of nitrogens with two attached hydrogens (primary N) is 1. The molecule has 13 heavy (non-hydrogen) atoms. The van der Waals surface area contributed by atoms with Crippen molar-refractivity contribution in [1.82, 2.24) is 9.55 Å². The molecule has 1 rings (SSSR count). The normalized spacial score (nSPS) is 15.3. The molecule has 0 saturated carbocycles. The molecule has 0 aliphatic heterocycles. The molecular formula is C6H10N4O3. The molecule has 0 saturated heterocycles. The fourth-order valence-corrected chi connectivity index (χ4v) is 0.876. The second kappa shape index (κ2) is 3.11. The van der Waals surface area contributed by atoms with Gasteiger partial charge in [0.05, 0.1) is 0 Å². The summed E-state index contributed by atoms with van der Waals surface area (Å²) in [6.07, 6.45) is 2.68. The van der Waals surface area contributed by atoms with E-state index in [4.69, 9.17) is 10.5 Å². The van der Waals surface area contributed by atoms with Crippen LogP contribution < -0.4 is 5.73 Å². The Morgan fingerprint density at radius 1 is 1.85 bits per heavy atom. The Morgan fingerprint density at radius 3 is 2.92 bits per heavy atom. The van der Waals surface area contributed by atoms with Crippen LogP contribution in [0.5, 0.6) is 0 Å². The van der Waals surface area contributed by atoms with Crippen LogP contribution in [-0.2, 0) is 10.6 Å². The molecule has 72 valence electrons. The molecule has 2 N–H and O–H groups in total. The first kappa shape index (κ1) is 9.62. The smallest absolute Gasteiger partial charge is 0.390 e. The molecular weight excluding hydrogens is 176 g/mol. The van der Waals surface area contributed by atoms with Gasteiger partial charge in [-0.2, -0.15) is 4.57 Å². The van der Waals surface area contributed by atoms with Gasteiger partial charge in [-0.3, -0.25) is 5.73 Å². The van der Waals surface area contributed by atoms with Crippen LogP contribution in [0.3, 0.4) is 0 Å². The Balaban J connectivity index is 3.14. The van der Waals surface area contributed by atoms with Crippen molar-refractivity contribution in [2.45, 2.75) is 12.8 Å². The van der Waals surface area contributed by atoms with Crippen molar-refractivity contribution in [3.63, 3.8) is 0 Å². The van der Waals surface area contributed by atoms with Crippen molar-refractivity contribution >= 4 is 5.95 Å². The molecule has 1 aromatic rings. The minimum absolute atomic E-state index is 0.341. The zero-order chi connectivity index (χ0) is 10.1. The van der Waals surface area contributed by atoms with Crippen LogP contribution in [0.25, 0.3) is 0 Å². The van der Waals surface area contributed by atoms with Gasteiger partial charge in [-0.15, -0.1) is 0 Å². The highest BCUT2D eigenvalue weighted by Crippen LogP contribution is 2.17. The average Bonchev–Trinajstić information content (AvgIpc) is 2.52. The summed E-state index contributed by atoms with van der Waals surface area (Å²) in [7, 11) is 1.36. The minimum Gasteiger partial charge on any atom is -0.390 e. The molecule has 1 aromatic heterocycles. The molecule has 0 radical (unpaired) electrons. The summed E-state index contributed by atoms with van der Waals surface area (Å²) in [6, 6.07) is 0. The van der Waals surface area contributed by atoms with Crippen molar-refractivity contribution in [2.75, 3.05) is 7.11 Å². The minimum atomic E-state index is -1.25. The molecule has 0 spiro atoms. The van der Waals surface area contributed by atoms with Crippen LogP contribution in [-0.4, -0.2) is 21.6 Å². The first-order valence-electron chi connectivity index (χ1n) is 3.51. The van der Waals surface area contributed by atoms with Gasteiger partial charge in [0.2, 0.25) is 5.85 Å². The molecule has 7 heteroatoms. The van der Waals surface area contributed by atoms with Gasteiger partial charge in [-0.25, -0.2) is 0 Å². The Labute approximate surface area is 74.3 Å². The standard InChI is InChI=1S/C6H10N4O3/c1-6(7,13-2)9-4-3-8-5(9)10(11)12/h3-4H,7H2,1-2H3. The fraction of sp³-hybridized carbons (Fsp3) is 0.500. The molecule has 1 atom stereocenters. The predicted octanol–water partition coefficient (Wildman–Crippen LogP) is 0.0266. The lowest BCUT2D eigenvalue weighted by atomic mass is 10.5. The molecule has 0 aliphatic carbocycles. The topological polar surface area (TPSA) is 96.2 Å². The van der Waals surface area contributed by atoms with E-state index in [9.17, 15) is 10.1 Å². The van der Waals surface area contributed by atoms with E-state index in [1.54, 1.807) is 0 Å². The molecule has 1 unspecified atom stereocenters. The highest BCUT2D eigenvalue weighted by molar-refractivity contribution is 5.08. The summed E-state index contributed by atoms with van der Waals surface area (Å²) in [5, 5.41) is 10.5. The fourth-order valence-electron chi connectivity index (χ4n) is 0.876. The zero-order valence-corrected chi connectivity index (χ0v) is 7.30. The first-order valence-corrected chi connectivity index (χ1v) is 3.51. The maximum absolute atomic E-state index is 10.5. The maximum atomic E-state index is 10.5. The van der Waals surface area contributed by atoms with Crippen LogP contribution in [0.15, 0.2) is 12.4 Å². The Morgan fingerprint density at radius 2 is 2.46 bits per heavy atom. The summed E-state index contributed by atoms with van der Waals surface area (Å²) in [5.41, 5.74) is 5.62. The molecule has 0 aliphatic rings. The molecule has 1 heterocycles. The Kier molecular flexibility index (Phi) is 2.30. The van der Waals surface area contributed by atoms with Gasteiger partial charge in [0.25, 0.3) is 0 Å². The van der Waals surface area contributed by atoms with E-state index in [0.29, 0.717) is 0 Å². The quantitative estimate of drug-likeness (QED) is 0.408. The molecule has 0 fully saturated rings. The van der Waals surface area contributed by atoms with Crippen molar-refractivity contribution in [1.29, 1.82) is 0 Å². The zero-order valence-electron chi connectivity index (χ0n) is 7.30. The van der Waals surface area contributed by atoms with Crippen molar-refractivity contribution in [3.8, 4) is 0 Å². The first-order chi connectivity index (χ1) is 5.99. The van der Waals surface area contributed by atoms with Gasteiger partial charge in [0.15, 0.2) is 0 Å². The number of aromatic nitrogens is 2.